The van der Waals surface area contributed by atoms with E-state index in [0.29, 0.717) is 0 Å². The molecule has 0 bridgehead atoms. The van der Waals surface area contributed by atoms with Crippen LogP contribution in [-0.4, -0.2) is 63.5 Å². The predicted octanol–water partition coefficient (Wildman–Crippen LogP) is 4.70. The SMILES string of the molecule is CC(C)(C)OC(=O)NC(C)(C)C(=O)N[C@H](Cc1ccc2ccccc2c1)C(=O)Nc1cn(C(C=O)(c2ccccc2)C2CCCN2)cn1. The van der Waals surface area contributed by atoms with E-state index in [4.69, 9.17) is 4.74 Å². The third-order valence-corrected chi connectivity index (χ3v) is 8.53. The van der Waals surface area contributed by atoms with Gasteiger partial charge >= 0.3 is 6.09 Å². The fourth-order valence-corrected chi connectivity index (χ4v) is 6.07. The molecule has 252 valence electrons. The highest BCUT2D eigenvalue weighted by Gasteiger charge is 2.44. The zero-order valence-electron chi connectivity index (χ0n) is 28.1. The number of benzene rings is 3. The summed E-state index contributed by atoms with van der Waals surface area (Å²) in [6.07, 6.45) is 5.25. The average Bonchev–Trinajstić information content (AvgIpc) is 3.74. The van der Waals surface area contributed by atoms with Crippen LogP contribution in [0.4, 0.5) is 10.6 Å². The highest BCUT2D eigenvalue weighted by Crippen LogP contribution is 2.33. The molecular formula is C37H44N6O5. The maximum atomic E-state index is 13.9. The quantitative estimate of drug-likeness (QED) is 0.172. The van der Waals surface area contributed by atoms with Gasteiger partial charge in [-0.05, 0) is 75.9 Å². The number of nitrogens with one attached hydrogen (secondary N) is 4. The Morgan fingerprint density at radius 1 is 1.00 bits per heavy atom. The fraction of sp³-hybridized carbons (Fsp3) is 0.378. The van der Waals surface area contributed by atoms with Crippen LogP contribution in [0.2, 0.25) is 0 Å². The number of imidazole rings is 1. The molecule has 1 fully saturated rings. The molecule has 3 amide bonds. The lowest BCUT2D eigenvalue weighted by atomic mass is 9.82. The van der Waals surface area contributed by atoms with Gasteiger partial charge in [-0.2, -0.15) is 0 Å². The lowest BCUT2D eigenvalue weighted by molar-refractivity contribution is -0.130. The summed E-state index contributed by atoms with van der Waals surface area (Å²) >= 11 is 0. The third-order valence-electron chi connectivity index (χ3n) is 8.53. The molecule has 3 aromatic carbocycles. The van der Waals surface area contributed by atoms with Crippen molar-refractivity contribution in [2.24, 2.45) is 0 Å². The van der Waals surface area contributed by atoms with Gasteiger partial charge in [-0.15, -0.1) is 0 Å². The maximum Gasteiger partial charge on any atom is 0.408 e. The number of ether oxygens (including phenoxy) is 1. The largest absolute Gasteiger partial charge is 0.444 e. The molecule has 1 aromatic heterocycles. The van der Waals surface area contributed by atoms with E-state index in [2.05, 4.69) is 26.3 Å². The lowest BCUT2D eigenvalue weighted by Gasteiger charge is -2.36. The lowest BCUT2D eigenvalue weighted by Crippen LogP contribution is -2.59. The molecule has 1 aliphatic rings. The Morgan fingerprint density at radius 2 is 1.71 bits per heavy atom. The van der Waals surface area contributed by atoms with Crippen molar-refractivity contribution in [1.82, 2.24) is 25.5 Å². The van der Waals surface area contributed by atoms with Crippen LogP contribution in [0.1, 0.15) is 58.6 Å². The summed E-state index contributed by atoms with van der Waals surface area (Å²) in [7, 11) is 0. The van der Waals surface area contributed by atoms with Crippen molar-refractivity contribution in [2.45, 2.75) is 82.6 Å². The van der Waals surface area contributed by atoms with Gasteiger partial charge in [0.25, 0.3) is 0 Å². The van der Waals surface area contributed by atoms with Gasteiger partial charge in [-0.3, -0.25) is 9.59 Å². The number of carbonyl (C=O) groups excluding carboxylic acids is 4. The summed E-state index contributed by atoms with van der Waals surface area (Å²) in [5.74, 6) is -0.856. The minimum Gasteiger partial charge on any atom is -0.444 e. The highest BCUT2D eigenvalue weighted by atomic mass is 16.6. The molecule has 11 nitrogen and oxygen atoms in total. The molecule has 2 heterocycles. The van der Waals surface area contributed by atoms with E-state index in [1.165, 1.54) is 0 Å². The summed E-state index contributed by atoms with van der Waals surface area (Å²) in [4.78, 5) is 57.5. The van der Waals surface area contributed by atoms with E-state index < -0.39 is 40.6 Å². The summed E-state index contributed by atoms with van der Waals surface area (Å²) in [5, 5.41) is 13.8. The number of anilines is 1. The number of rotatable bonds is 11. The standard InChI is InChI=1S/C37H44N6O5/c1-35(2,3)48-34(47)42-36(4,5)33(46)40-29(21-25-17-18-26-12-9-10-13-27(26)20-25)32(45)41-31-22-43(24-39-31)37(23-44,30-16-11-19-38-30)28-14-7-6-8-15-28/h6-10,12-15,17-18,20,22-24,29-30,38H,11,16,19,21H2,1-5H3,(H,40,46)(H,41,45)(H,42,47)/t29-,30?,37?/m1/s1. The smallest absolute Gasteiger partial charge is 0.408 e. The Morgan fingerprint density at radius 3 is 2.38 bits per heavy atom. The normalized spacial score (nSPS) is 16.8. The van der Waals surface area contributed by atoms with Gasteiger partial charge < -0.3 is 35.4 Å². The molecular weight excluding hydrogens is 608 g/mol. The number of nitrogens with zero attached hydrogens (tertiary/aromatic N) is 2. The maximum absolute atomic E-state index is 13.9. The Balaban J connectivity index is 1.41. The summed E-state index contributed by atoms with van der Waals surface area (Å²) < 4.78 is 7.09. The Labute approximate surface area is 280 Å². The number of amides is 3. The van der Waals surface area contributed by atoms with Crippen LogP contribution in [0.15, 0.2) is 85.3 Å². The van der Waals surface area contributed by atoms with Crippen LogP contribution in [0, 0.1) is 0 Å². The Bertz CT molecular complexity index is 1770. The molecule has 48 heavy (non-hydrogen) atoms. The second kappa shape index (κ2) is 14.0. The first-order chi connectivity index (χ1) is 22.8. The van der Waals surface area contributed by atoms with Crippen molar-refractivity contribution in [3.05, 3.63) is 96.4 Å². The van der Waals surface area contributed by atoms with Crippen LogP contribution in [0.5, 0.6) is 0 Å². The van der Waals surface area contributed by atoms with Crippen molar-refractivity contribution in [3.63, 3.8) is 0 Å². The van der Waals surface area contributed by atoms with Crippen LogP contribution in [-0.2, 0) is 31.1 Å². The van der Waals surface area contributed by atoms with Crippen molar-refractivity contribution in [1.29, 1.82) is 0 Å². The van der Waals surface area contributed by atoms with E-state index in [9.17, 15) is 19.2 Å². The number of hydrogen-bond donors (Lipinski definition) is 4. The van der Waals surface area contributed by atoms with Gasteiger partial charge in [-0.1, -0.05) is 72.8 Å². The minimum atomic E-state index is -1.40. The summed E-state index contributed by atoms with van der Waals surface area (Å²) in [5.41, 5.74) is -1.61. The average molecular weight is 653 g/mol. The fourth-order valence-electron chi connectivity index (χ4n) is 6.07. The van der Waals surface area contributed by atoms with Crippen LogP contribution < -0.4 is 21.3 Å². The Kier molecular flexibility index (Phi) is 10.00. The number of alkyl carbamates (subject to hydrolysis) is 1. The molecule has 1 saturated heterocycles. The van der Waals surface area contributed by atoms with Gasteiger partial charge in [0.05, 0.1) is 6.33 Å². The van der Waals surface area contributed by atoms with Crippen LogP contribution in [0.25, 0.3) is 10.8 Å². The summed E-state index contributed by atoms with van der Waals surface area (Å²) in [6.45, 7) is 9.06. The third kappa shape index (κ3) is 7.74. The first kappa shape index (κ1) is 34.3. The van der Waals surface area contributed by atoms with Crippen molar-refractivity contribution >= 4 is 40.8 Å². The molecule has 4 N–H and O–H groups in total. The van der Waals surface area contributed by atoms with Crippen molar-refractivity contribution in [3.8, 4) is 0 Å². The molecule has 0 spiro atoms. The zero-order valence-corrected chi connectivity index (χ0v) is 28.1. The number of carbonyl (C=O) groups is 4. The topological polar surface area (TPSA) is 143 Å². The van der Waals surface area contributed by atoms with E-state index in [0.717, 1.165) is 47.6 Å². The van der Waals surface area contributed by atoms with E-state index in [1.807, 2.05) is 72.8 Å². The van der Waals surface area contributed by atoms with E-state index in [-0.39, 0.29) is 18.3 Å². The molecule has 0 aliphatic carbocycles. The second-order valence-electron chi connectivity index (χ2n) is 13.8. The van der Waals surface area contributed by atoms with Crippen molar-refractivity contribution < 1.29 is 23.9 Å². The van der Waals surface area contributed by atoms with Gasteiger partial charge in [0.15, 0.2) is 12.1 Å². The molecule has 2 unspecified atom stereocenters. The van der Waals surface area contributed by atoms with Gasteiger partial charge in [0.2, 0.25) is 11.8 Å². The van der Waals surface area contributed by atoms with Crippen LogP contribution in [0.3, 0.4) is 0 Å². The zero-order chi connectivity index (χ0) is 34.5. The number of aldehydes is 1. The molecule has 11 heteroatoms. The molecule has 4 aromatic rings. The Hall–Kier alpha value is -5.03. The highest BCUT2D eigenvalue weighted by molar-refractivity contribution is 5.99. The van der Waals surface area contributed by atoms with Gasteiger partial charge in [-0.25, -0.2) is 9.78 Å². The monoisotopic (exact) mass is 652 g/mol. The number of hydrogen-bond acceptors (Lipinski definition) is 7. The summed E-state index contributed by atoms with van der Waals surface area (Å²) in [6, 6.07) is 22.0. The van der Waals surface area contributed by atoms with E-state index in [1.54, 1.807) is 51.7 Å². The number of fused-ring (bicyclic) bond motifs is 1. The van der Waals surface area contributed by atoms with E-state index >= 15 is 0 Å². The molecule has 1 aliphatic heterocycles. The minimum absolute atomic E-state index is 0.167. The molecule has 0 radical (unpaired) electrons. The predicted molar refractivity (Wildman–Crippen MR) is 184 cm³/mol. The molecule has 0 saturated carbocycles. The van der Waals surface area contributed by atoms with Crippen molar-refractivity contribution in [2.75, 3.05) is 11.9 Å². The molecule has 3 atom stereocenters. The molecule has 5 rings (SSSR count). The van der Waals surface area contributed by atoms with Gasteiger partial charge in [0.1, 0.15) is 22.7 Å². The first-order valence-electron chi connectivity index (χ1n) is 16.2. The second-order valence-corrected chi connectivity index (χ2v) is 13.8. The number of aromatic nitrogens is 2. The van der Waals surface area contributed by atoms with Crippen LogP contribution >= 0.6 is 0 Å². The first-order valence-corrected chi connectivity index (χ1v) is 16.2. The van der Waals surface area contributed by atoms with Gasteiger partial charge in [0, 0.05) is 18.7 Å².